The van der Waals surface area contributed by atoms with Crippen LogP contribution in [-0.4, -0.2) is 18.5 Å². The second-order valence-corrected chi connectivity index (χ2v) is 8.32. The summed E-state index contributed by atoms with van der Waals surface area (Å²) in [7, 11) is 2.08. The average molecular weight is 386 g/mol. The highest BCUT2D eigenvalue weighted by molar-refractivity contribution is 6.09. The van der Waals surface area contributed by atoms with E-state index in [1.54, 1.807) is 6.08 Å². The molecule has 2 aromatic carbocycles. The standard InChI is InChI=1S/C25H27N3O/c1-16-9-17(2)11-21(10-16)27-24(29)20(15-26)12-19-7-8-23-22(13-19)18(3)14-25(4,5)28(23)6/h7-14H,1-6H3,(H,27,29)/b20-12+. The Morgan fingerprint density at radius 3 is 2.38 bits per heavy atom. The third-order valence-electron chi connectivity index (χ3n) is 5.40. The lowest BCUT2D eigenvalue weighted by atomic mass is 9.88. The first-order chi connectivity index (χ1) is 13.6. The minimum atomic E-state index is -0.402. The van der Waals surface area contributed by atoms with E-state index in [1.165, 1.54) is 5.57 Å². The Kier molecular flexibility index (Phi) is 5.35. The Balaban J connectivity index is 1.91. The number of aryl methyl sites for hydroxylation is 2. The fourth-order valence-corrected chi connectivity index (χ4v) is 3.83. The molecule has 0 fully saturated rings. The maximum Gasteiger partial charge on any atom is 0.266 e. The summed E-state index contributed by atoms with van der Waals surface area (Å²) in [5.74, 6) is -0.402. The third kappa shape index (κ3) is 4.25. The number of hydrogen-bond acceptors (Lipinski definition) is 3. The van der Waals surface area contributed by atoms with Gasteiger partial charge in [0.1, 0.15) is 11.6 Å². The van der Waals surface area contributed by atoms with Gasteiger partial charge in [-0.15, -0.1) is 0 Å². The largest absolute Gasteiger partial charge is 0.366 e. The first kappa shape index (κ1) is 20.4. The molecule has 0 radical (unpaired) electrons. The predicted octanol–water partition coefficient (Wildman–Crippen LogP) is 5.48. The highest BCUT2D eigenvalue weighted by Crippen LogP contribution is 2.38. The van der Waals surface area contributed by atoms with Crippen molar-refractivity contribution in [2.75, 3.05) is 17.3 Å². The number of nitriles is 1. The number of nitrogens with zero attached hydrogens (tertiary/aromatic N) is 2. The lowest BCUT2D eigenvalue weighted by Gasteiger charge is -2.40. The van der Waals surface area contributed by atoms with E-state index in [0.717, 1.165) is 27.9 Å². The molecular formula is C25H27N3O. The summed E-state index contributed by atoms with van der Waals surface area (Å²) < 4.78 is 0. The number of nitrogens with one attached hydrogen (secondary N) is 1. The zero-order valence-electron chi connectivity index (χ0n) is 17.9. The Morgan fingerprint density at radius 2 is 1.76 bits per heavy atom. The van der Waals surface area contributed by atoms with E-state index in [1.807, 2.05) is 50.2 Å². The van der Waals surface area contributed by atoms with Crippen LogP contribution in [-0.2, 0) is 4.79 Å². The van der Waals surface area contributed by atoms with Gasteiger partial charge in [0, 0.05) is 24.0 Å². The van der Waals surface area contributed by atoms with Gasteiger partial charge in [-0.3, -0.25) is 4.79 Å². The molecule has 1 N–H and O–H groups in total. The lowest BCUT2D eigenvalue weighted by molar-refractivity contribution is -0.112. The number of allylic oxidation sites excluding steroid dienone is 1. The van der Waals surface area contributed by atoms with Crippen molar-refractivity contribution in [1.29, 1.82) is 5.26 Å². The normalized spacial score (nSPS) is 15.3. The summed E-state index contributed by atoms with van der Waals surface area (Å²) in [5, 5.41) is 12.4. The topological polar surface area (TPSA) is 56.1 Å². The molecule has 0 atom stereocenters. The fourth-order valence-electron chi connectivity index (χ4n) is 3.83. The van der Waals surface area contributed by atoms with Crippen LogP contribution in [0.3, 0.4) is 0 Å². The van der Waals surface area contributed by atoms with Gasteiger partial charge in [-0.2, -0.15) is 5.26 Å². The molecule has 3 rings (SSSR count). The highest BCUT2D eigenvalue weighted by atomic mass is 16.1. The molecule has 2 aromatic rings. The quantitative estimate of drug-likeness (QED) is 0.562. The van der Waals surface area contributed by atoms with Crippen LogP contribution >= 0.6 is 0 Å². The van der Waals surface area contributed by atoms with E-state index in [4.69, 9.17) is 0 Å². The summed E-state index contributed by atoms with van der Waals surface area (Å²) in [5.41, 5.74) is 7.12. The van der Waals surface area contributed by atoms with Gasteiger partial charge in [0.15, 0.2) is 0 Å². The molecular weight excluding hydrogens is 358 g/mol. The summed E-state index contributed by atoms with van der Waals surface area (Å²) >= 11 is 0. The molecule has 0 aromatic heterocycles. The molecule has 0 aliphatic carbocycles. The molecule has 1 amide bonds. The van der Waals surface area contributed by atoms with Gasteiger partial charge in [0.2, 0.25) is 0 Å². The maximum absolute atomic E-state index is 12.6. The fraction of sp³-hybridized carbons (Fsp3) is 0.280. The summed E-state index contributed by atoms with van der Waals surface area (Å²) in [6.07, 6.45) is 3.88. The van der Waals surface area contributed by atoms with Crippen molar-refractivity contribution < 1.29 is 4.79 Å². The summed E-state index contributed by atoms with van der Waals surface area (Å²) in [4.78, 5) is 14.9. The van der Waals surface area contributed by atoms with Crippen LogP contribution in [0.15, 0.2) is 48.0 Å². The van der Waals surface area contributed by atoms with E-state index in [2.05, 4.69) is 50.2 Å². The van der Waals surface area contributed by atoms with Crippen molar-refractivity contribution >= 4 is 28.9 Å². The first-order valence-corrected chi connectivity index (χ1v) is 9.70. The number of benzene rings is 2. The van der Waals surface area contributed by atoms with E-state index in [-0.39, 0.29) is 11.1 Å². The van der Waals surface area contributed by atoms with E-state index in [9.17, 15) is 10.1 Å². The Labute approximate surface area is 173 Å². The van der Waals surface area contributed by atoms with Gasteiger partial charge in [-0.1, -0.05) is 18.2 Å². The Bertz CT molecular complexity index is 1060. The molecule has 29 heavy (non-hydrogen) atoms. The molecule has 1 aliphatic rings. The van der Waals surface area contributed by atoms with Gasteiger partial charge < -0.3 is 10.2 Å². The van der Waals surface area contributed by atoms with Crippen LogP contribution in [0.2, 0.25) is 0 Å². The van der Waals surface area contributed by atoms with E-state index < -0.39 is 5.91 Å². The molecule has 0 spiro atoms. The van der Waals surface area contributed by atoms with Crippen LogP contribution in [0.25, 0.3) is 11.6 Å². The van der Waals surface area contributed by atoms with Gasteiger partial charge in [0.05, 0.1) is 5.54 Å². The van der Waals surface area contributed by atoms with Crippen molar-refractivity contribution in [1.82, 2.24) is 0 Å². The molecule has 4 nitrogen and oxygen atoms in total. The van der Waals surface area contributed by atoms with Crippen LogP contribution in [0.1, 0.15) is 43.0 Å². The Hall–Kier alpha value is -3.32. The second-order valence-electron chi connectivity index (χ2n) is 8.32. The van der Waals surface area contributed by atoms with Gasteiger partial charge in [-0.05, 0) is 87.2 Å². The molecule has 0 unspecified atom stereocenters. The van der Waals surface area contributed by atoms with Gasteiger partial charge in [0.25, 0.3) is 5.91 Å². The minimum absolute atomic E-state index is 0.0575. The number of rotatable bonds is 3. The van der Waals surface area contributed by atoms with Crippen LogP contribution < -0.4 is 10.2 Å². The van der Waals surface area contributed by atoms with Crippen LogP contribution in [0, 0.1) is 25.2 Å². The number of anilines is 2. The number of likely N-dealkylation sites (N-methyl/N-ethyl adjacent to an activating group) is 1. The molecule has 4 heteroatoms. The maximum atomic E-state index is 12.6. The smallest absolute Gasteiger partial charge is 0.266 e. The molecule has 0 bridgehead atoms. The van der Waals surface area contributed by atoms with Crippen molar-refractivity contribution in [2.24, 2.45) is 0 Å². The monoisotopic (exact) mass is 385 g/mol. The summed E-state index contributed by atoms with van der Waals surface area (Å²) in [6.45, 7) is 10.4. The SMILES string of the molecule is CC1=CC(C)(C)N(C)c2ccc(/C=C(\C#N)C(=O)Nc3cc(C)cc(C)c3)cc21. The zero-order valence-corrected chi connectivity index (χ0v) is 17.9. The molecule has 0 saturated carbocycles. The van der Waals surface area contributed by atoms with Crippen molar-refractivity contribution in [3.8, 4) is 6.07 Å². The van der Waals surface area contributed by atoms with E-state index in [0.29, 0.717) is 5.69 Å². The van der Waals surface area contributed by atoms with Gasteiger partial charge in [-0.25, -0.2) is 0 Å². The summed E-state index contributed by atoms with van der Waals surface area (Å²) in [6, 6.07) is 13.9. The van der Waals surface area contributed by atoms with Gasteiger partial charge >= 0.3 is 0 Å². The van der Waals surface area contributed by atoms with Crippen molar-refractivity contribution in [2.45, 2.75) is 40.2 Å². The Morgan fingerprint density at radius 1 is 1.10 bits per heavy atom. The first-order valence-electron chi connectivity index (χ1n) is 9.70. The molecule has 0 saturated heterocycles. The second kappa shape index (κ2) is 7.60. The van der Waals surface area contributed by atoms with Crippen molar-refractivity contribution in [3.63, 3.8) is 0 Å². The molecule has 148 valence electrons. The molecule has 1 heterocycles. The highest BCUT2D eigenvalue weighted by Gasteiger charge is 2.28. The van der Waals surface area contributed by atoms with E-state index >= 15 is 0 Å². The number of hydrogen-bond donors (Lipinski definition) is 1. The van der Waals surface area contributed by atoms with Crippen molar-refractivity contribution in [3.05, 3.63) is 70.3 Å². The number of carbonyl (C=O) groups excluding carboxylic acids is 1. The predicted molar refractivity (Wildman–Crippen MR) is 121 cm³/mol. The number of fused-ring (bicyclic) bond motifs is 1. The number of carbonyl (C=O) groups is 1. The van der Waals surface area contributed by atoms with Crippen LogP contribution in [0.4, 0.5) is 11.4 Å². The van der Waals surface area contributed by atoms with Crippen LogP contribution in [0.5, 0.6) is 0 Å². The average Bonchev–Trinajstić information content (AvgIpc) is 2.63. The third-order valence-corrected chi connectivity index (χ3v) is 5.40. The number of amides is 1. The zero-order chi connectivity index (χ0) is 21.3. The minimum Gasteiger partial charge on any atom is -0.366 e. The lowest BCUT2D eigenvalue weighted by Crippen LogP contribution is -2.42. The molecule has 1 aliphatic heterocycles.